The van der Waals surface area contributed by atoms with Crippen molar-refractivity contribution in [3.63, 3.8) is 0 Å². The molecule has 20 heavy (non-hydrogen) atoms. The number of pyridine rings is 1. The van der Waals surface area contributed by atoms with Gasteiger partial charge >= 0.3 is 5.97 Å². The van der Waals surface area contributed by atoms with Crippen LogP contribution in [0.5, 0.6) is 0 Å². The van der Waals surface area contributed by atoms with E-state index in [4.69, 9.17) is 5.11 Å². The van der Waals surface area contributed by atoms with Crippen molar-refractivity contribution >= 4 is 11.7 Å². The van der Waals surface area contributed by atoms with E-state index >= 15 is 0 Å². The fourth-order valence-corrected chi connectivity index (χ4v) is 2.53. The summed E-state index contributed by atoms with van der Waals surface area (Å²) in [5.74, 6) is -1.19. The molecule has 5 nitrogen and oxygen atoms in total. The van der Waals surface area contributed by atoms with E-state index in [1.165, 1.54) is 6.07 Å². The first-order valence-corrected chi connectivity index (χ1v) is 6.43. The number of hydrogen-bond donors (Lipinski definition) is 2. The summed E-state index contributed by atoms with van der Waals surface area (Å²) in [6.07, 6.45) is 0.708. The molecule has 0 spiro atoms. The van der Waals surface area contributed by atoms with Crippen molar-refractivity contribution in [1.82, 2.24) is 4.98 Å². The van der Waals surface area contributed by atoms with Gasteiger partial charge < -0.3 is 15.0 Å². The molecule has 0 saturated heterocycles. The van der Waals surface area contributed by atoms with Crippen molar-refractivity contribution in [1.29, 1.82) is 0 Å². The topological polar surface area (TPSA) is 73.4 Å². The maximum absolute atomic E-state index is 11.6. The molecular formula is C15H14N2O3. The fraction of sp³-hybridized carbons (Fsp3) is 0.200. The SMILES string of the molecule is O=C(O)c1cc2c([nH]c1=O)CCN(c1ccccc1)C2. The van der Waals surface area contributed by atoms with Gasteiger partial charge in [0.25, 0.3) is 5.56 Å². The van der Waals surface area contributed by atoms with Crippen LogP contribution in [0.15, 0.2) is 41.2 Å². The number of carboxylic acids is 1. The molecule has 0 fully saturated rings. The first kappa shape index (κ1) is 12.5. The summed E-state index contributed by atoms with van der Waals surface area (Å²) in [5.41, 5.74) is 2.09. The molecule has 0 unspecified atom stereocenters. The molecule has 1 aliphatic heterocycles. The minimum absolute atomic E-state index is 0.196. The molecule has 0 amide bonds. The van der Waals surface area contributed by atoms with Crippen LogP contribution in [0.3, 0.4) is 0 Å². The van der Waals surface area contributed by atoms with Crippen LogP contribution in [-0.4, -0.2) is 22.6 Å². The summed E-state index contributed by atoms with van der Waals surface area (Å²) in [7, 11) is 0. The second kappa shape index (κ2) is 4.85. The van der Waals surface area contributed by atoms with Crippen LogP contribution in [0.4, 0.5) is 5.69 Å². The third kappa shape index (κ3) is 2.18. The molecule has 3 rings (SSSR count). The number of nitrogens with one attached hydrogen (secondary N) is 1. The molecule has 102 valence electrons. The van der Waals surface area contributed by atoms with Crippen LogP contribution in [0.2, 0.25) is 0 Å². The second-order valence-electron chi connectivity index (χ2n) is 4.83. The van der Waals surface area contributed by atoms with Gasteiger partial charge in [0.2, 0.25) is 0 Å². The lowest BCUT2D eigenvalue weighted by atomic mass is 10.0. The van der Waals surface area contributed by atoms with E-state index in [-0.39, 0.29) is 5.56 Å². The number of fused-ring (bicyclic) bond motifs is 1. The monoisotopic (exact) mass is 270 g/mol. The second-order valence-corrected chi connectivity index (χ2v) is 4.83. The van der Waals surface area contributed by atoms with Crippen molar-refractivity contribution in [3.8, 4) is 0 Å². The van der Waals surface area contributed by atoms with Crippen LogP contribution in [0.1, 0.15) is 21.6 Å². The number of aromatic carboxylic acids is 1. The Morgan fingerprint density at radius 3 is 2.70 bits per heavy atom. The van der Waals surface area contributed by atoms with Crippen molar-refractivity contribution in [2.24, 2.45) is 0 Å². The maximum atomic E-state index is 11.6. The van der Waals surface area contributed by atoms with Gasteiger partial charge in [0.15, 0.2) is 0 Å². The standard InChI is InChI=1S/C15H14N2O3/c18-14-12(15(19)20)8-10-9-17(7-6-13(10)16-14)11-4-2-1-3-5-11/h1-5,8H,6-7,9H2,(H,16,18)(H,19,20). The van der Waals surface area contributed by atoms with Gasteiger partial charge in [0, 0.05) is 30.9 Å². The van der Waals surface area contributed by atoms with E-state index in [9.17, 15) is 9.59 Å². The number of hydrogen-bond acceptors (Lipinski definition) is 3. The zero-order valence-electron chi connectivity index (χ0n) is 10.8. The lowest BCUT2D eigenvalue weighted by Gasteiger charge is -2.30. The smallest absolute Gasteiger partial charge is 0.341 e. The highest BCUT2D eigenvalue weighted by Gasteiger charge is 2.20. The van der Waals surface area contributed by atoms with Crippen LogP contribution in [-0.2, 0) is 13.0 Å². The average molecular weight is 270 g/mol. The molecule has 2 aromatic rings. The van der Waals surface area contributed by atoms with Gasteiger partial charge in [-0.05, 0) is 23.8 Å². The summed E-state index contributed by atoms with van der Waals surface area (Å²) in [5, 5.41) is 9.02. The molecule has 5 heteroatoms. The van der Waals surface area contributed by atoms with Crippen molar-refractivity contribution in [3.05, 3.63) is 63.6 Å². The van der Waals surface area contributed by atoms with Gasteiger partial charge in [-0.3, -0.25) is 4.79 Å². The van der Waals surface area contributed by atoms with Crippen LogP contribution in [0.25, 0.3) is 0 Å². The van der Waals surface area contributed by atoms with E-state index in [1.807, 2.05) is 30.3 Å². The third-order valence-corrected chi connectivity index (χ3v) is 3.56. The van der Waals surface area contributed by atoms with Crippen molar-refractivity contribution in [2.75, 3.05) is 11.4 Å². The Bertz CT molecular complexity index is 707. The highest BCUT2D eigenvalue weighted by Crippen LogP contribution is 2.22. The molecule has 0 bridgehead atoms. The van der Waals surface area contributed by atoms with Gasteiger partial charge in [-0.15, -0.1) is 0 Å². The number of aromatic nitrogens is 1. The zero-order valence-corrected chi connectivity index (χ0v) is 10.8. The lowest BCUT2D eigenvalue weighted by molar-refractivity contribution is 0.0694. The third-order valence-electron chi connectivity index (χ3n) is 3.56. The maximum Gasteiger partial charge on any atom is 0.341 e. The number of H-pyrrole nitrogens is 1. The lowest BCUT2D eigenvalue weighted by Crippen LogP contribution is -2.33. The predicted octanol–water partition coefficient (Wildman–Crippen LogP) is 1.64. The van der Waals surface area contributed by atoms with Crippen LogP contribution in [0, 0.1) is 0 Å². The molecule has 0 saturated carbocycles. The molecule has 1 aliphatic rings. The molecule has 2 N–H and O–H groups in total. The number of rotatable bonds is 2. The highest BCUT2D eigenvalue weighted by molar-refractivity contribution is 5.87. The van der Waals surface area contributed by atoms with Crippen molar-refractivity contribution < 1.29 is 9.90 Å². The van der Waals surface area contributed by atoms with Gasteiger partial charge in [0.1, 0.15) is 5.56 Å². The van der Waals surface area contributed by atoms with Crippen LogP contribution >= 0.6 is 0 Å². The first-order chi connectivity index (χ1) is 9.65. The van der Waals surface area contributed by atoms with Crippen molar-refractivity contribution in [2.45, 2.75) is 13.0 Å². The Balaban J connectivity index is 1.97. The predicted molar refractivity (Wildman–Crippen MR) is 75.2 cm³/mol. The summed E-state index contributed by atoms with van der Waals surface area (Å²) in [6, 6.07) is 11.4. The minimum Gasteiger partial charge on any atom is -0.477 e. The Labute approximate surface area is 115 Å². The van der Waals surface area contributed by atoms with Crippen LogP contribution < -0.4 is 10.5 Å². The van der Waals surface area contributed by atoms with E-state index in [0.29, 0.717) is 13.0 Å². The van der Waals surface area contributed by atoms with Gasteiger partial charge in [0.05, 0.1) is 0 Å². The highest BCUT2D eigenvalue weighted by atomic mass is 16.4. The normalized spacial score (nSPS) is 13.9. The zero-order chi connectivity index (χ0) is 14.1. The number of anilines is 1. The molecule has 0 radical (unpaired) electrons. The number of para-hydroxylation sites is 1. The summed E-state index contributed by atoms with van der Waals surface area (Å²) >= 11 is 0. The molecule has 0 aliphatic carbocycles. The largest absolute Gasteiger partial charge is 0.477 e. The Morgan fingerprint density at radius 2 is 2.00 bits per heavy atom. The number of benzene rings is 1. The minimum atomic E-state index is -1.19. The number of carbonyl (C=O) groups is 1. The summed E-state index contributed by atoms with van der Waals surface area (Å²) < 4.78 is 0. The Hall–Kier alpha value is -2.56. The Morgan fingerprint density at radius 1 is 1.25 bits per heavy atom. The quantitative estimate of drug-likeness (QED) is 0.870. The Kier molecular flexibility index (Phi) is 3.02. The average Bonchev–Trinajstić information content (AvgIpc) is 2.47. The fourth-order valence-electron chi connectivity index (χ4n) is 2.53. The number of aromatic amines is 1. The summed E-state index contributed by atoms with van der Waals surface area (Å²) in [6.45, 7) is 1.41. The first-order valence-electron chi connectivity index (χ1n) is 6.43. The van der Waals surface area contributed by atoms with E-state index in [0.717, 1.165) is 23.5 Å². The summed E-state index contributed by atoms with van der Waals surface area (Å²) in [4.78, 5) is 27.5. The van der Waals surface area contributed by atoms with Gasteiger partial charge in [-0.1, -0.05) is 18.2 Å². The van der Waals surface area contributed by atoms with Gasteiger partial charge in [-0.25, -0.2) is 4.79 Å². The van der Waals surface area contributed by atoms with Gasteiger partial charge in [-0.2, -0.15) is 0 Å². The molecule has 1 aromatic carbocycles. The molecule has 2 heterocycles. The van der Waals surface area contributed by atoms with E-state index in [1.54, 1.807) is 0 Å². The number of nitrogens with zero attached hydrogens (tertiary/aromatic N) is 1. The number of carboxylic acid groups (broad SMARTS) is 1. The molecule has 1 aromatic heterocycles. The molecular weight excluding hydrogens is 256 g/mol. The molecule has 0 atom stereocenters. The van der Waals surface area contributed by atoms with E-state index < -0.39 is 11.5 Å². The van der Waals surface area contributed by atoms with E-state index in [2.05, 4.69) is 9.88 Å².